The smallest absolute Gasteiger partial charge is 0.335 e. The molecule has 0 saturated carbocycles. The van der Waals surface area contributed by atoms with Crippen LogP contribution in [0, 0.1) is 6.92 Å². The van der Waals surface area contributed by atoms with Crippen molar-refractivity contribution < 1.29 is 15.0 Å². The number of hydrogen-bond donors (Lipinski definition) is 2. The Morgan fingerprint density at radius 1 is 1.15 bits per heavy atom. The minimum absolute atomic E-state index is 0.206. The first-order valence-corrected chi connectivity index (χ1v) is 6.57. The van der Waals surface area contributed by atoms with Gasteiger partial charge in [0.25, 0.3) is 0 Å². The van der Waals surface area contributed by atoms with Gasteiger partial charge >= 0.3 is 5.97 Å². The van der Waals surface area contributed by atoms with E-state index in [0.29, 0.717) is 0 Å². The van der Waals surface area contributed by atoms with Gasteiger partial charge in [-0.3, -0.25) is 0 Å². The molecule has 2 N–H and O–H groups in total. The van der Waals surface area contributed by atoms with E-state index in [1.54, 1.807) is 24.3 Å². The molecule has 0 aliphatic rings. The molecule has 0 saturated heterocycles. The zero-order chi connectivity index (χ0) is 14.9. The summed E-state index contributed by atoms with van der Waals surface area (Å²) in [6.45, 7) is 5.94. The molecule has 0 bridgehead atoms. The number of benzene rings is 2. The molecular formula is C17H18O3. The summed E-state index contributed by atoms with van der Waals surface area (Å²) in [5, 5.41) is 19.1. The van der Waals surface area contributed by atoms with Gasteiger partial charge in [-0.1, -0.05) is 26.0 Å². The van der Waals surface area contributed by atoms with Crippen LogP contribution in [0.25, 0.3) is 11.1 Å². The number of aryl methyl sites for hydroxylation is 1. The van der Waals surface area contributed by atoms with Gasteiger partial charge in [-0.2, -0.15) is 0 Å². The van der Waals surface area contributed by atoms with Crippen molar-refractivity contribution >= 4 is 5.97 Å². The van der Waals surface area contributed by atoms with E-state index in [2.05, 4.69) is 0 Å². The summed E-state index contributed by atoms with van der Waals surface area (Å²) in [5.74, 6) is -0.444. The highest BCUT2D eigenvalue weighted by Crippen LogP contribution is 2.34. The van der Waals surface area contributed by atoms with Crippen molar-refractivity contribution in [3.8, 4) is 16.9 Å². The molecule has 2 rings (SSSR count). The van der Waals surface area contributed by atoms with Crippen molar-refractivity contribution in [3.63, 3.8) is 0 Å². The molecule has 2 aromatic carbocycles. The van der Waals surface area contributed by atoms with Crippen LogP contribution < -0.4 is 0 Å². The third kappa shape index (κ3) is 2.67. The fourth-order valence-corrected chi connectivity index (χ4v) is 2.30. The van der Waals surface area contributed by atoms with Gasteiger partial charge in [0.2, 0.25) is 0 Å². The van der Waals surface area contributed by atoms with Crippen molar-refractivity contribution in [2.75, 3.05) is 0 Å². The van der Waals surface area contributed by atoms with Gasteiger partial charge in [-0.05, 0) is 59.4 Å². The second-order valence-electron chi connectivity index (χ2n) is 5.27. The summed E-state index contributed by atoms with van der Waals surface area (Å²) in [4.78, 5) is 11.1. The van der Waals surface area contributed by atoms with E-state index < -0.39 is 5.97 Å². The van der Waals surface area contributed by atoms with E-state index in [1.165, 1.54) is 0 Å². The van der Waals surface area contributed by atoms with Crippen LogP contribution in [0.1, 0.15) is 41.3 Å². The van der Waals surface area contributed by atoms with E-state index in [1.807, 2.05) is 32.9 Å². The molecule has 20 heavy (non-hydrogen) atoms. The van der Waals surface area contributed by atoms with Gasteiger partial charge < -0.3 is 10.2 Å². The van der Waals surface area contributed by atoms with Crippen LogP contribution in [0.4, 0.5) is 0 Å². The summed E-state index contributed by atoms with van der Waals surface area (Å²) in [7, 11) is 0. The Labute approximate surface area is 118 Å². The second kappa shape index (κ2) is 5.37. The van der Waals surface area contributed by atoms with E-state index in [4.69, 9.17) is 5.11 Å². The van der Waals surface area contributed by atoms with Gasteiger partial charge in [0, 0.05) is 0 Å². The van der Waals surface area contributed by atoms with Crippen LogP contribution in [0.2, 0.25) is 0 Å². The number of carbonyl (C=O) groups is 1. The Bertz CT molecular complexity index is 657. The third-order valence-corrected chi connectivity index (χ3v) is 3.42. The lowest BCUT2D eigenvalue weighted by Gasteiger charge is -2.14. The normalized spacial score (nSPS) is 10.8. The Hall–Kier alpha value is -2.29. The molecule has 0 fully saturated rings. The molecule has 2 aromatic rings. The maximum atomic E-state index is 11.1. The van der Waals surface area contributed by atoms with Crippen molar-refractivity contribution in [1.82, 2.24) is 0 Å². The standard InChI is InChI=1S/C17H18O3/c1-10(2)14-9-15(11(3)7-16(14)18)12-5-4-6-13(8-12)17(19)20/h4-10,18H,1-3H3,(H,19,20). The van der Waals surface area contributed by atoms with Crippen LogP contribution in [-0.2, 0) is 0 Å². The number of carboxylic acids is 1. The Morgan fingerprint density at radius 3 is 2.45 bits per heavy atom. The SMILES string of the molecule is Cc1cc(O)c(C(C)C)cc1-c1cccc(C(=O)O)c1. The fourth-order valence-electron chi connectivity index (χ4n) is 2.30. The molecular weight excluding hydrogens is 252 g/mol. The molecule has 104 valence electrons. The third-order valence-electron chi connectivity index (χ3n) is 3.42. The lowest BCUT2D eigenvalue weighted by Crippen LogP contribution is -1.97. The van der Waals surface area contributed by atoms with Crippen molar-refractivity contribution in [2.45, 2.75) is 26.7 Å². The summed E-state index contributed by atoms with van der Waals surface area (Å²) in [6.07, 6.45) is 0. The van der Waals surface area contributed by atoms with Gasteiger partial charge in [0.1, 0.15) is 5.75 Å². The Balaban J connectivity index is 2.60. The topological polar surface area (TPSA) is 57.5 Å². The average Bonchev–Trinajstić information content (AvgIpc) is 2.38. The number of aromatic hydroxyl groups is 1. The predicted octanol–water partition coefficient (Wildman–Crippen LogP) is 4.19. The molecule has 0 aliphatic carbocycles. The minimum Gasteiger partial charge on any atom is -0.508 e. The van der Waals surface area contributed by atoms with E-state index in [-0.39, 0.29) is 17.2 Å². The van der Waals surface area contributed by atoms with E-state index in [0.717, 1.165) is 22.3 Å². The van der Waals surface area contributed by atoms with Crippen LogP contribution in [-0.4, -0.2) is 16.2 Å². The Morgan fingerprint density at radius 2 is 1.85 bits per heavy atom. The predicted molar refractivity (Wildman–Crippen MR) is 79.3 cm³/mol. The first-order chi connectivity index (χ1) is 9.40. The molecule has 0 aromatic heterocycles. The van der Waals surface area contributed by atoms with Gasteiger partial charge in [0.05, 0.1) is 5.56 Å². The number of phenols is 1. The quantitative estimate of drug-likeness (QED) is 0.879. The maximum Gasteiger partial charge on any atom is 0.335 e. The molecule has 0 atom stereocenters. The molecule has 0 amide bonds. The number of phenolic OH excluding ortho intramolecular Hbond substituents is 1. The fraction of sp³-hybridized carbons (Fsp3) is 0.235. The Kier molecular flexibility index (Phi) is 3.79. The average molecular weight is 270 g/mol. The molecule has 0 heterocycles. The van der Waals surface area contributed by atoms with Crippen LogP contribution in [0.15, 0.2) is 36.4 Å². The van der Waals surface area contributed by atoms with E-state index in [9.17, 15) is 9.90 Å². The zero-order valence-corrected chi connectivity index (χ0v) is 11.8. The largest absolute Gasteiger partial charge is 0.508 e. The lowest BCUT2D eigenvalue weighted by molar-refractivity contribution is 0.0697. The molecule has 3 nitrogen and oxygen atoms in total. The first kappa shape index (κ1) is 14.1. The summed E-state index contributed by atoms with van der Waals surface area (Å²) >= 11 is 0. The van der Waals surface area contributed by atoms with Crippen LogP contribution >= 0.6 is 0 Å². The highest BCUT2D eigenvalue weighted by atomic mass is 16.4. The van der Waals surface area contributed by atoms with Gasteiger partial charge in [-0.15, -0.1) is 0 Å². The number of aromatic carboxylic acids is 1. The van der Waals surface area contributed by atoms with E-state index >= 15 is 0 Å². The maximum absolute atomic E-state index is 11.1. The number of hydrogen-bond acceptors (Lipinski definition) is 2. The molecule has 0 unspecified atom stereocenters. The highest BCUT2D eigenvalue weighted by Gasteiger charge is 2.12. The molecule has 3 heteroatoms. The first-order valence-electron chi connectivity index (χ1n) is 6.57. The van der Waals surface area contributed by atoms with Crippen molar-refractivity contribution in [3.05, 3.63) is 53.1 Å². The number of carboxylic acid groups (broad SMARTS) is 1. The van der Waals surface area contributed by atoms with Crippen molar-refractivity contribution in [1.29, 1.82) is 0 Å². The zero-order valence-electron chi connectivity index (χ0n) is 11.8. The summed E-state index contributed by atoms with van der Waals surface area (Å²) < 4.78 is 0. The monoisotopic (exact) mass is 270 g/mol. The molecule has 0 aliphatic heterocycles. The summed E-state index contributed by atoms with van der Waals surface area (Å²) in [6, 6.07) is 10.5. The second-order valence-corrected chi connectivity index (χ2v) is 5.27. The molecule has 0 spiro atoms. The van der Waals surface area contributed by atoms with Gasteiger partial charge in [-0.25, -0.2) is 4.79 Å². The van der Waals surface area contributed by atoms with Crippen LogP contribution in [0.3, 0.4) is 0 Å². The summed E-state index contributed by atoms with van der Waals surface area (Å²) in [5.41, 5.74) is 3.86. The van der Waals surface area contributed by atoms with Gasteiger partial charge in [0.15, 0.2) is 0 Å². The lowest BCUT2D eigenvalue weighted by atomic mass is 9.92. The van der Waals surface area contributed by atoms with Crippen LogP contribution in [0.5, 0.6) is 5.75 Å². The molecule has 0 radical (unpaired) electrons. The minimum atomic E-state index is -0.938. The highest BCUT2D eigenvalue weighted by molar-refractivity contribution is 5.89. The number of rotatable bonds is 3. The van der Waals surface area contributed by atoms with Crippen molar-refractivity contribution in [2.24, 2.45) is 0 Å².